The number of nitrogens with two attached hydrogens (primary N) is 2. The van der Waals surface area contributed by atoms with Crippen LogP contribution in [0, 0.1) is 47.3 Å². The molecule has 4 heterocycles. The smallest absolute Gasteiger partial charge is 0.333 e. The lowest BCUT2D eigenvalue weighted by molar-refractivity contribution is -0.295. The van der Waals surface area contributed by atoms with Crippen LogP contribution in [0.25, 0.3) is 0 Å². The third kappa shape index (κ3) is 10.1. The Bertz CT molecular complexity index is 1330. The Hall–Kier alpha value is -1.48. The predicted octanol–water partition coefficient (Wildman–Crippen LogP) is 4.07. The average Bonchev–Trinajstić information content (AvgIpc) is 3.17. The Balaban J connectivity index is 1.43. The van der Waals surface area contributed by atoms with Gasteiger partial charge in [-0.15, -0.1) is 0 Å². The van der Waals surface area contributed by atoms with E-state index in [0.717, 1.165) is 96.6 Å². The number of carbonyl (C=O) groups excluding carboxylic acids is 2. The Labute approximate surface area is 336 Å². The molecule has 0 bridgehead atoms. The van der Waals surface area contributed by atoms with Gasteiger partial charge in [-0.1, -0.05) is 51.5 Å². The van der Waals surface area contributed by atoms with Crippen molar-refractivity contribution in [2.75, 3.05) is 19.7 Å². The molecule has 0 radical (unpaired) electrons. The molecule has 12 heteroatoms. The number of esters is 1. The second kappa shape index (κ2) is 19.7. The fraction of sp³-hybridized carbons (Fsp3) is 0.909. The highest BCUT2D eigenvalue weighted by Gasteiger charge is 2.63. The van der Waals surface area contributed by atoms with Crippen molar-refractivity contribution in [3.8, 4) is 0 Å². The lowest BCUT2D eigenvalue weighted by Gasteiger charge is -2.60. The molecule has 2 saturated carbocycles. The quantitative estimate of drug-likeness (QED) is 0.0758. The highest BCUT2D eigenvalue weighted by molar-refractivity contribution is 5.87. The van der Waals surface area contributed by atoms with Gasteiger partial charge in [-0.25, -0.2) is 4.79 Å². The first kappa shape index (κ1) is 44.1. The molecule has 6 fully saturated rings. The highest BCUT2D eigenvalue weighted by Crippen LogP contribution is 2.55. The molecule has 0 spiro atoms. The van der Waals surface area contributed by atoms with Crippen molar-refractivity contribution < 1.29 is 39.1 Å². The van der Waals surface area contributed by atoms with E-state index in [-0.39, 0.29) is 55.0 Å². The number of ketones is 1. The van der Waals surface area contributed by atoms with Gasteiger partial charge in [-0.3, -0.25) is 4.79 Å². The minimum atomic E-state index is -1.06. The largest absolute Gasteiger partial charge is 0.456 e. The molecule has 4 aliphatic heterocycles. The van der Waals surface area contributed by atoms with E-state index >= 15 is 0 Å². The van der Waals surface area contributed by atoms with Crippen LogP contribution >= 0.6 is 0 Å². The van der Waals surface area contributed by atoms with Crippen molar-refractivity contribution in [2.24, 2.45) is 58.8 Å². The number of hydrogen-bond acceptors (Lipinski definition) is 12. The summed E-state index contributed by atoms with van der Waals surface area (Å²) in [5.41, 5.74) is 12.6. The van der Waals surface area contributed by atoms with Gasteiger partial charge in [0, 0.05) is 23.8 Å². The first-order chi connectivity index (χ1) is 26.8. The van der Waals surface area contributed by atoms with Gasteiger partial charge in [0.1, 0.15) is 17.5 Å². The van der Waals surface area contributed by atoms with Gasteiger partial charge in [0.2, 0.25) is 0 Å². The standard InChI is InChI=1S/C44H76N4O8/c1-5-7-8-11-28(29-13-14-36(45)48-23-29)22-44(4)35(55-43(53)25(3)6-2)21-33-40(52)39-34(51)20-31(24-49)54-42(39)38(41(33)56-44)32(27-15-16-47-37(46)19-27)18-26-10-9-12-30(50)17-26/h6,26-33,35-42,47-50,52H,5,7-24,45-46H2,1-4H3/t26?,27?,28-,29?,30?,31?,32?,33?,35-,36?,37?,38?,39?,40?,41?,42?,44-/m1/s1. The van der Waals surface area contributed by atoms with Gasteiger partial charge in [-0.2, -0.15) is 0 Å². The normalized spacial score (nSPS) is 43.3. The number of Topliss-reactive ketones (excluding diaryl/α,β-unsaturated/α-hetero) is 1. The zero-order chi connectivity index (χ0) is 40.1. The average molecular weight is 789 g/mol. The number of unbranched alkanes of at least 4 members (excludes halogenated alkanes) is 2. The summed E-state index contributed by atoms with van der Waals surface area (Å²) in [6.07, 6.45) is 11.3. The second-order valence-corrected chi connectivity index (χ2v) is 19.1. The van der Waals surface area contributed by atoms with E-state index in [9.17, 15) is 24.9 Å². The third-order valence-electron chi connectivity index (χ3n) is 15.2. The number of carbonyl (C=O) groups is 2. The highest BCUT2D eigenvalue weighted by atomic mass is 16.6. The van der Waals surface area contributed by atoms with Crippen molar-refractivity contribution in [1.82, 2.24) is 10.6 Å². The van der Waals surface area contributed by atoms with Crippen molar-refractivity contribution >= 4 is 11.8 Å². The number of hydrogen-bond donors (Lipinski definition) is 7. The summed E-state index contributed by atoms with van der Waals surface area (Å²) in [7, 11) is 0. The van der Waals surface area contributed by atoms with Crippen LogP contribution in [0.1, 0.15) is 130 Å². The maximum Gasteiger partial charge on any atom is 0.333 e. The zero-order valence-electron chi connectivity index (χ0n) is 34.8. The molecule has 6 aliphatic rings. The van der Waals surface area contributed by atoms with Crippen molar-refractivity contribution in [1.29, 1.82) is 0 Å². The summed E-state index contributed by atoms with van der Waals surface area (Å²) in [4.78, 5) is 27.8. The van der Waals surface area contributed by atoms with Crippen LogP contribution in [0.3, 0.4) is 0 Å². The number of piperidine rings is 2. The predicted molar refractivity (Wildman–Crippen MR) is 215 cm³/mol. The number of fused-ring (bicyclic) bond motifs is 2. The zero-order valence-corrected chi connectivity index (χ0v) is 34.8. The molecule has 2 aliphatic carbocycles. The van der Waals surface area contributed by atoms with E-state index in [1.54, 1.807) is 13.0 Å². The topological polar surface area (TPSA) is 199 Å². The minimum absolute atomic E-state index is 0.00831. The minimum Gasteiger partial charge on any atom is -0.456 e. The van der Waals surface area contributed by atoms with E-state index < -0.39 is 53.9 Å². The molecule has 0 amide bonds. The maximum absolute atomic E-state index is 14.1. The number of rotatable bonds is 14. The fourth-order valence-corrected chi connectivity index (χ4v) is 12.0. The van der Waals surface area contributed by atoms with Crippen LogP contribution in [-0.2, 0) is 23.8 Å². The Morgan fingerprint density at radius 1 is 1.04 bits per heavy atom. The molecule has 9 N–H and O–H groups in total. The monoisotopic (exact) mass is 789 g/mol. The number of allylic oxidation sites excluding steroid dienone is 1. The summed E-state index contributed by atoms with van der Waals surface area (Å²) in [5, 5.41) is 40.6. The first-order valence-corrected chi connectivity index (χ1v) is 22.5. The Morgan fingerprint density at radius 3 is 2.52 bits per heavy atom. The third-order valence-corrected chi connectivity index (χ3v) is 15.2. The molecule has 56 heavy (non-hydrogen) atoms. The van der Waals surface area contributed by atoms with E-state index in [2.05, 4.69) is 24.5 Å². The number of ether oxygens (including phenoxy) is 3. The number of aliphatic hydroxyl groups is 3. The van der Waals surface area contributed by atoms with Gasteiger partial charge >= 0.3 is 5.97 Å². The van der Waals surface area contributed by atoms with Gasteiger partial charge in [0.25, 0.3) is 0 Å². The molecule has 4 saturated heterocycles. The van der Waals surface area contributed by atoms with Gasteiger partial charge in [0.05, 0.1) is 55.4 Å². The SMILES string of the molecule is CC=C(C)C(=O)O[C@@H]1CC2C(O)C3C(=O)CC(CO)OC3C(C(CC3CCCC(O)C3)C3CCNC(N)C3)C2O[C@]1(C)C[C@@H](CCCCC)C1CCC(N)NC1. The summed E-state index contributed by atoms with van der Waals surface area (Å²) in [6.45, 7) is 9.27. The first-order valence-electron chi connectivity index (χ1n) is 22.5. The van der Waals surface area contributed by atoms with Gasteiger partial charge in [-0.05, 0) is 121 Å². The van der Waals surface area contributed by atoms with Crippen LogP contribution in [0.15, 0.2) is 11.6 Å². The molecule has 320 valence electrons. The van der Waals surface area contributed by atoms with Gasteiger partial charge in [0.15, 0.2) is 0 Å². The second-order valence-electron chi connectivity index (χ2n) is 19.1. The van der Waals surface area contributed by atoms with E-state index in [4.69, 9.17) is 25.7 Å². The summed E-state index contributed by atoms with van der Waals surface area (Å²) < 4.78 is 20.9. The van der Waals surface area contributed by atoms with Crippen LogP contribution in [0.2, 0.25) is 0 Å². The molecular weight excluding hydrogens is 713 g/mol. The molecule has 6 rings (SSSR count). The molecular formula is C44H76N4O8. The van der Waals surface area contributed by atoms with E-state index in [0.29, 0.717) is 36.2 Å². The Kier molecular flexibility index (Phi) is 15.5. The van der Waals surface area contributed by atoms with Gasteiger partial charge < -0.3 is 51.6 Å². The van der Waals surface area contributed by atoms with Crippen LogP contribution < -0.4 is 22.1 Å². The van der Waals surface area contributed by atoms with Crippen LogP contribution in [0.4, 0.5) is 0 Å². The van der Waals surface area contributed by atoms with E-state index in [1.165, 1.54) is 0 Å². The fourth-order valence-electron chi connectivity index (χ4n) is 12.0. The Morgan fingerprint density at radius 2 is 1.84 bits per heavy atom. The molecule has 17 atom stereocenters. The lowest BCUT2D eigenvalue weighted by Crippen LogP contribution is -2.69. The number of nitrogens with one attached hydrogen (secondary N) is 2. The molecule has 12 nitrogen and oxygen atoms in total. The van der Waals surface area contributed by atoms with Crippen LogP contribution in [-0.4, -0.2) is 101 Å². The lowest BCUT2D eigenvalue weighted by atomic mass is 9.56. The van der Waals surface area contributed by atoms with Crippen molar-refractivity contribution in [3.05, 3.63) is 11.6 Å². The van der Waals surface area contributed by atoms with Crippen molar-refractivity contribution in [2.45, 2.75) is 185 Å². The molecule has 0 aromatic carbocycles. The molecule has 0 aromatic rings. The molecule has 0 aromatic heterocycles. The van der Waals surface area contributed by atoms with Crippen molar-refractivity contribution in [3.63, 3.8) is 0 Å². The summed E-state index contributed by atoms with van der Waals surface area (Å²) >= 11 is 0. The van der Waals surface area contributed by atoms with Crippen LogP contribution in [0.5, 0.6) is 0 Å². The van der Waals surface area contributed by atoms with E-state index in [1.807, 2.05) is 6.92 Å². The number of aliphatic hydroxyl groups excluding tert-OH is 3. The summed E-state index contributed by atoms with van der Waals surface area (Å²) in [5.74, 6) is -0.777. The summed E-state index contributed by atoms with van der Waals surface area (Å²) in [6, 6.07) is 0. The maximum atomic E-state index is 14.1. The molecule has 14 unspecified atom stereocenters.